The van der Waals surface area contributed by atoms with Gasteiger partial charge in [0.15, 0.2) is 11.6 Å². The lowest BCUT2D eigenvalue weighted by molar-refractivity contribution is 0.372. The van der Waals surface area contributed by atoms with Crippen LogP contribution in [0.15, 0.2) is 54.6 Å². The van der Waals surface area contributed by atoms with Crippen molar-refractivity contribution in [3.05, 3.63) is 77.6 Å². The Labute approximate surface area is 152 Å². The molecule has 136 valence electrons. The van der Waals surface area contributed by atoms with Crippen LogP contribution in [0.2, 0.25) is 0 Å². The van der Waals surface area contributed by atoms with Crippen molar-refractivity contribution < 1.29 is 17.9 Å². The Kier molecular flexibility index (Phi) is 6.45. The molecule has 0 heterocycles. The van der Waals surface area contributed by atoms with Gasteiger partial charge in [-0.25, -0.2) is 8.78 Å². The normalized spacial score (nSPS) is 10.1. The van der Waals surface area contributed by atoms with Crippen LogP contribution in [0.5, 0.6) is 5.75 Å². The van der Waals surface area contributed by atoms with Crippen molar-refractivity contribution in [3.8, 4) is 28.0 Å². The monoisotopic (exact) mass is 358 g/mol. The van der Waals surface area contributed by atoms with Crippen LogP contribution in [-0.2, 0) is 0 Å². The summed E-state index contributed by atoms with van der Waals surface area (Å²) in [5, 5.41) is 0. The molecule has 1 nitrogen and oxygen atoms in total. The molecule has 0 radical (unpaired) electrons. The summed E-state index contributed by atoms with van der Waals surface area (Å²) in [5.74, 6) is -2.82. The lowest BCUT2D eigenvalue weighted by Crippen LogP contribution is -1.95. The third kappa shape index (κ3) is 3.90. The van der Waals surface area contributed by atoms with Crippen LogP contribution in [0.4, 0.5) is 13.2 Å². The van der Waals surface area contributed by atoms with E-state index < -0.39 is 17.5 Å². The van der Waals surface area contributed by atoms with Crippen LogP contribution < -0.4 is 4.74 Å². The summed E-state index contributed by atoms with van der Waals surface area (Å²) in [7, 11) is 1.26. The highest BCUT2D eigenvalue weighted by Gasteiger charge is 2.16. The van der Waals surface area contributed by atoms with Crippen LogP contribution in [0.1, 0.15) is 19.4 Å². The van der Waals surface area contributed by atoms with Crippen LogP contribution in [0.25, 0.3) is 22.3 Å². The standard InChI is InChI=1S/C20H15F3O.C2H6/c1-12-3-5-13(6-4-12)15-8-7-14(11-17(15)21)16-9-10-18(24-2)20(23)19(16)22;1-2/h3-11H,1-2H3;1-2H3. The highest BCUT2D eigenvalue weighted by Crippen LogP contribution is 2.32. The first-order valence-corrected chi connectivity index (χ1v) is 8.40. The maximum absolute atomic E-state index is 14.5. The number of aryl methyl sites for hydroxylation is 1. The van der Waals surface area contributed by atoms with Crippen LogP contribution in [-0.4, -0.2) is 7.11 Å². The van der Waals surface area contributed by atoms with Gasteiger partial charge in [0.05, 0.1) is 7.11 Å². The largest absolute Gasteiger partial charge is 0.494 e. The van der Waals surface area contributed by atoms with E-state index in [9.17, 15) is 13.2 Å². The van der Waals surface area contributed by atoms with Crippen molar-refractivity contribution in [2.24, 2.45) is 0 Å². The second-order valence-electron chi connectivity index (χ2n) is 5.50. The zero-order chi connectivity index (χ0) is 19.3. The average Bonchev–Trinajstić information content (AvgIpc) is 2.66. The molecule has 3 aromatic carbocycles. The molecule has 0 saturated heterocycles. The van der Waals surface area contributed by atoms with Gasteiger partial charge in [-0.1, -0.05) is 55.8 Å². The van der Waals surface area contributed by atoms with Crippen LogP contribution in [0.3, 0.4) is 0 Å². The second-order valence-corrected chi connectivity index (χ2v) is 5.50. The van der Waals surface area contributed by atoms with E-state index in [0.29, 0.717) is 5.56 Å². The van der Waals surface area contributed by atoms with Gasteiger partial charge in [-0.15, -0.1) is 0 Å². The van der Waals surface area contributed by atoms with E-state index in [2.05, 4.69) is 0 Å². The van der Waals surface area contributed by atoms with Crippen molar-refractivity contribution in [2.45, 2.75) is 20.8 Å². The Morgan fingerprint density at radius 2 is 1.27 bits per heavy atom. The summed E-state index contributed by atoms with van der Waals surface area (Å²) < 4.78 is 47.2. The van der Waals surface area contributed by atoms with Gasteiger partial charge in [-0.2, -0.15) is 4.39 Å². The van der Waals surface area contributed by atoms with Gasteiger partial charge in [0.25, 0.3) is 0 Å². The summed E-state index contributed by atoms with van der Waals surface area (Å²) in [6, 6.07) is 14.5. The van der Waals surface area contributed by atoms with E-state index in [-0.39, 0.29) is 16.9 Å². The molecule has 0 aliphatic carbocycles. The fourth-order valence-corrected chi connectivity index (χ4v) is 2.56. The molecule has 0 unspecified atom stereocenters. The van der Waals surface area contributed by atoms with Gasteiger partial charge in [0.1, 0.15) is 5.82 Å². The molecule has 0 spiro atoms. The molecule has 26 heavy (non-hydrogen) atoms. The number of halogens is 3. The molecule has 0 bridgehead atoms. The SMILES string of the molecule is CC.COc1ccc(-c2ccc(-c3ccc(C)cc3)c(F)c2)c(F)c1F. The van der Waals surface area contributed by atoms with Crippen LogP contribution >= 0.6 is 0 Å². The van der Waals surface area contributed by atoms with Crippen LogP contribution in [0, 0.1) is 24.4 Å². The topological polar surface area (TPSA) is 9.23 Å². The number of methoxy groups -OCH3 is 1. The molecule has 0 aromatic heterocycles. The molecule has 0 atom stereocenters. The lowest BCUT2D eigenvalue weighted by Gasteiger charge is -2.10. The van der Waals surface area contributed by atoms with Gasteiger partial charge >= 0.3 is 0 Å². The molecule has 0 aliphatic rings. The molecule has 0 saturated carbocycles. The quantitative estimate of drug-likeness (QED) is 0.501. The molecule has 0 aliphatic heterocycles. The number of hydrogen-bond donors (Lipinski definition) is 0. The third-order valence-electron chi connectivity index (χ3n) is 3.91. The molecular weight excluding hydrogens is 337 g/mol. The first-order valence-electron chi connectivity index (χ1n) is 8.40. The zero-order valence-electron chi connectivity index (χ0n) is 15.2. The lowest BCUT2D eigenvalue weighted by atomic mass is 9.98. The van der Waals surface area contributed by atoms with Gasteiger partial charge in [0, 0.05) is 11.1 Å². The van der Waals surface area contributed by atoms with Crippen molar-refractivity contribution in [1.82, 2.24) is 0 Å². The van der Waals surface area contributed by atoms with Crippen molar-refractivity contribution in [2.75, 3.05) is 7.11 Å². The smallest absolute Gasteiger partial charge is 0.201 e. The molecule has 0 fully saturated rings. The number of benzene rings is 3. The molecule has 0 amide bonds. The summed E-state index contributed by atoms with van der Waals surface area (Å²) in [5.41, 5.74) is 2.47. The number of hydrogen-bond acceptors (Lipinski definition) is 1. The third-order valence-corrected chi connectivity index (χ3v) is 3.91. The zero-order valence-corrected chi connectivity index (χ0v) is 15.2. The Morgan fingerprint density at radius 1 is 0.692 bits per heavy atom. The fraction of sp³-hybridized carbons (Fsp3) is 0.182. The van der Waals surface area contributed by atoms with E-state index in [4.69, 9.17) is 4.74 Å². The van der Waals surface area contributed by atoms with Gasteiger partial charge in [0.2, 0.25) is 5.82 Å². The van der Waals surface area contributed by atoms with Gasteiger partial charge in [-0.3, -0.25) is 0 Å². The Balaban J connectivity index is 0.00000117. The molecular formula is C22H21F3O. The summed E-state index contributed by atoms with van der Waals surface area (Å²) in [6.07, 6.45) is 0. The number of ether oxygens (including phenoxy) is 1. The van der Waals surface area contributed by atoms with E-state index in [1.54, 1.807) is 12.1 Å². The van der Waals surface area contributed by atoms with Gasteiger partial charge < -0.3 is 4.74 Å². The minimum atomic E-state index is -1.09. The van der Waals surface area contributed by atoms with E-state index >= 15 is 0 Å². The summed E-state index contributed by atoms with van der Waals surface area (Å²) >= 11 is 0. The van der Waals surface area contributed by atoms with Crippen molar-refractivity contribution in [3.63, 3.8) is 0 Å². The summed E-state index contributed by atoms with van der Waals surface area (Å²) in [4.78, 5) is 0. The minimum absolute atomic E-state index is 0.0114. The predicted octanol–water partition coefficient (Wildman–Crippen LogP) is 6.78. The van der Waals surface area contributed by atoms with Gasteiger partial charge in [-0.05, 0) is 36.2 Å². The highest BCUT2D eigenvalue weighted by molar-refractivity contribution is 5.72. The van der Waals surface area contributed by atoms with Crippen molar-refractivity contribution in [1.29, 1.82) is 0 Å². The van der Waals surface area contributed by atoms with E-state index in [0.717, 1.165) is 11.1 Å². The average molecular weight is 358 g/mol. The molecule has 4 heteroatoms. The molecule has 3 aromatic rings. The second kappa shape index (κ2) is 8.56. The Hall–Kier alpha value is -2.75. The maximum atomic E-state index is 14.5. The van der Waals surface area contributed by atoms with E-state index in [1.165, 1.54) is 25.3 Å². The fourth-order valence-electron chi connectivity index (χ4n) is 2.56. The number of rotatable bonds is 3. The molecule has 0 N–H and O–H groups in total. The van der Waals surface area contributed by atoms with Crippen molar-refractivity contribution >= 4 is 0 Å². The Bertz CT molecular complexity index is 887. The predicted molar refractivity (Wildman–Crippen MR) is 99.8 cm³/mol. The Morgan fingerprint density at radius 3 is 1.85 bits per heavy atom. The maximum Gasteiger partial charge on any atom is 0.201 e. The van der Waals surface area contributed by atoms with E-state index in [1.807, 2.05) is 45.0 Å². The first kappa shape index (κ1) is 19.6. The first-order chi connectivity index (χ1) is 12.5. The highest BCUT2D eigenvalue weighted by atomic mass is 19.2. The molecule has 3 rings (SSSR count). The summed E-state index contributed by atoms with van der Waals surface area (Å²) in [6.45, 7) is 5.95. The minimum Gasteiger partial charge on any atom is -0.494 e.